The van der Waals surface area contributed by atoms with Crippen molar-refractivity contribution in [1.29, 1.82) is 0 Å². The standard InChI is InChI=1S/C16H25F3N6O.HI/c1-10(2)14(26)25-6-5-12(9-25)22-15(20-3)21-7-11-8-24(4)23-13(11)16(17,18)19;/h8,10,12H,5-7,9H2,1-4H3,(H2,20,21,22);1H. The molecule has 1 unspecified atom stereocenters. The molecule has 11 heteroatoms. The molecule has 27 heavy (non-hydrogen) atoms. The van der Waals surface area contributed by atoms with Crippen molar-refractivity contribution in [3.63, 3.8) is 0 Å². The lowest BCUT2D eigenvalue weighted by Crippen LogP contribution is -2.45. The van der Waals surface area contributed by atoms with Crippen molar-refractivity contribution >= 4 is 35.8 Å². The van der Waals surface area contributed by atoms with E-state index in [1.807, 2.05) is 13.8 Å². The Morgan fingerprint density at radius 3 is 2.67 bits per heavy atom. The number of hydrogen-bond acceptors (Lipinski definition) is 3. The zero-order valence-corrected chi connectivity index (χ0v) is 18.1. The van der Waals surface area contributed by atoms with Gasteiger partial charge in [0.15, 0.2) is 11.7 Å². The third-order valence-electron chi connectivity index (χ3n) is 4.18. The molecule has 1 aromatic rings. The van der Waals surface area contributed by atoms with Crippen LogP contribution in [-0.4, -0.2) is 52.7 Å². The molecule has 0 bridgehead atoms. The Balaban J connectivity index is 0.00000364. The van der Waals surface area contributed by atoms with Crippen LogP contribution in [0.4, 0.5) is 13.2 Å². The summed E-state index contributed by atoms with van der Waals surface area (Å²) < 4.78 is 40.1. The number of rotatable bonds is 4. The van der Waals surface area contributed by atoms with E-state index in [0.29, 0.717) is 19.0 Å². The third kappa shape index (κ3) is 6.25. The van der Waals surface area contributed by atoms with E-state index < -0.39 is 11.9 Å². The molecule has 7 nitrogen and oxygen atoms in total. The van der Waals surface area contributed by atoms with Crippen LogP contribution < -0.4 is 10.6 Å². The van der Waals surface area contributed by atoms with Crippen LogP contribution in [0.15, 0.2) is 11.2 Å². The summed E-state index contributed by atoms with van der Waals surface area (Å²) in [5.74, 6) is 0.436. The van der Waals surface area contributed by atoms with Crippen LogP contribution in [0.25, 0.3) is 0 Å². The Hall–Kier alpha value is -1.53. The average molecular weight is 502 g/mol. The number of guanidine groups is 1. The predicted molar refractivity (Wildman–Crippen MR) is 107 cm³/mol. The maximum atomic E-state index is 13.0. The van der Waals surface area contributed by atoms with Crippen LogP contribution in [-0.2, 0) is 24.6 Å². The molecule has 1 atom stereocenters. The van der Waals surface area contributed by atoms with E-state index in [9.17, 15) is 18.0 Å². The summed E-state index contributed by atoms with van der Waals surface area (Å²) in [6.45, 7) is 4.88. The Morgan fingerprint density at radius 1 is 1.44 bits per heavy atom. The fourth-order valence-corrected chi connectivity index (χ4v) is 2.92. The van der Waals surface area contributed by atoms with Crippen LogP contribution >= 0.6 is 24.0 Å². The van der Waals surface area contributed by atoms with Gasteiger partial charge in [0.1, 0.15) is 0 Å². The molecule has 0 saturated carbocycles. The van der Waals surface area contributed by atoms with Gasteiger partial charge in [-0.2, -0.15) is 18.3 Å². The van der Waals surface area contributed by atoms with Crippen LogP contribution in [0.3, 0.4) is 0 Å². The van der Waals surface area contributed by atoms with Crippen LogP contribution in [0.2, 0.25) is 0 Å². The second-order valence-electron chi connectivity index (χ2n) is 6.67. The highest BCUT2D eigenvalue weighted by Gasteiger charge is 2.37. The minimum Gasteiger partial charge on any atom is -0.352 e. The Morgan fingerprint density at radius 2 is 2.11 bits per heavy atom. The number of carbonyl (C=O) groups excluding carboxylic acids is 1. The van der Waals surface area contributed by atoms with Crippen molar-refractivity contribution in [2.45, 2.75) is 39.0 Å². The number of aliphatic imine (C=N–C) groups is 1. The molecular weight excluding hydrogens is 476 g/mol. The Bertz CT molecular complexity index is 674. The van der Waals surface area contributed by atoms with E-state index in [1.165, 1.54) is 13.2 Å². The number of aromatic nitrogens is 2. The van der Waals surface area contributed by atoms with Gasteiger partial charge in [0.25, 0.3) is 0 Å². The molecule has 1 aromatic heterocycles. The first-order valence-corrected chi connectivity index (χ1v) is 8.47. The molecule has 0 aliphatic carbocycles. The van der Waals surface area contributed by atoms with E-state index in [0.717, 1.165) is 11.1 Å². The van der Waals surface area contributed by atoms with Gasteiger partial charge in [-0.1, -0.05) is 13.8 Å². The van der Waals surface area contributed by atoms with Gasteiger partial charge in [0.2, 0.25) is 5.91 Å². The monoisotopic (exact) mass is 502 g/mol. The summed E-state index contributed by atoms with van der Waals surface area (Å²) in [6, 6.07) is 0.0138. The van der Waals surface area contributed by atoms with Gasteiger partial charge in [-0.15, -0.1) is 24.0 Å². The summed E-state index contributed by atoms with van der Waals surface area (Å²) in [7, 11) is 3.00. The smallest absolute Gasteiger partial charge is 0.352 e. The lowest BCUT2D eigenvalue weighted by atomic mass is 10.2. The van der Waals surface area contributed by atoms with E-state index in [4.69, 9.17) is 0 Å². The molecule has 0 spiro atoms. The minimum absolute atomic E-state index is 0. The number of nitrogens with one attached hydrogen (secondary N) is 2. The molecule has 1 amide bonds. The first-order valence-electron chi connectivity index (χ1n) is 8.47. The molecule has 0 aromatic carbocycles. The summed E-state index contributed by atoms with van der Waals surface area (Å²) in [5, 5.41) is 9.53. The maximum Gasteiger partial charge on any atom is 0.435 e. The summed E-state index contributed by atoms with van der Waals surface area (Å²) in [4.78, 5) is 17.9. The van der Waals surface area contributed by atoms with Gasteiger partial charge >= 0.3 is 6.18 Å². The average Bonchev–Trinajstić information content (AvgIpc) is 3.16. The highest BCUT2D eigenvalue weighted by atomic mass is 127. The van der Waals surface area contributed by atoms with Crippen molar-refractivity contribution in [2.24, 2.45) is 18.0 Å². The van der Waals surface area contributed by atoms with Crippen molar-refractivity contribution in [3.8, 4) is 0 Å². The van der Waals surface area contributed by atoms with E-state index >= 15 is 0 Å². The van der Waals surface area contributed by atoms with Gasteiger partial charge in [-0.25, -0.2) is 0 Å². The van der Waals surface area contributed by atoms with Crippen LogP contribution in [0.1, 0.15) is 31.5 Å². The lowest BCUT2D eigenvalue weighted by Gasteiger charge is -2.20. The minimum atomic E-state index is -4.50. The number of halogens is 4. The van der Waals surface area contributed by atoms with Crippen molar-refractivity contribution < 1.29 is 18.0 Å². The first kappa shape index (κ1) is 23.5. The fourth-order valence-electron chi connectivity index (χ4n) is 2.92. The number of hydrogen-bond donors (Lipinski definition) is 2. The summed E-state index contributed by atoms with van der Waals surface area (Å²) in [5.41, 5.74) is -0.858. The van der Waals surface area contributed by atoms with E-state index in [2.05, 4.69) is 20.7 Å². The van der Waals surface area contributed by atoms with Crippen molar-refractivity contribution in [3.05, 3.63) is 17.5 Å². The first-order chi connectivity index (χ1) is 12.1. The zero-order valence-electron chi connectivity index (χ0n) is 15.8. The van der Waals surface area contributed by atoms with Gasteiger partial charge < -0.3 is 15.5 Å². The van der Waals surface area contributed by atoms with Crippen molar-refractivity contribution in [2.75, 3.05) is 20.1 Å². The number of alkyl halides is 3. The number of nitrogens with zero attached hydrogens (tertiary/aromatic N) is 4. The van der Waals surface area contributed by atoms with E-state index in [1.54, 1.807) is 11.9 Å². The fraction of sp³-hybridized carbons (Fsp3) is 0.688. The Kier molecular flexibility index (Phi) is 8.36. The van der Waals surface area contributed by atoms with Crippen LogP contribution in [0.5, 0.6) is 0 Å². The van der Waals surface area contributed by atoms with Crippen molar-refractivity contribution in [1.82, 2.24) is 25.3 Å². The maximum absolute atomic E-state index is 13.0. The molecule has 2 heterocycles. The molecule has 1 aliphatic heterocycles. The summed E-state index contributed by atoms with van der Waals surface area (Å²) in [6.07, 6.45) is -2.40. The number of amides is 1. The topological polar surface area (TPSA) is 74.6 Å². The zero-order chi connectivity index (χ0) is 19.5. The quantitative estimate of drug-likeness (QED) is 0.376. The molecule has 1 saturated heterocycles. The molecule has 154 valence electrons. The third-order valence-corrected chi connectivity index (χ3v) is 4.18. The second kappa shape index (κ2) is 9.60. The largest absolute Gasteiger partial charge is 0.435 e. The molecule has 1 fully saturated rings. The SMILES string of the molecule is CN=C(NCc1cn(C)nc1C(F)(F)F)NC1CCN(C(=O)C(C)C)C1.I. The van der Waals surface area contributed by atoms with Gasteiger partial charge in [0.05, 0.1) is 0 Å². The highest BCUT2D eigenvalue weighted by Crippen LogP contribution is 2.30. The molecule has 0 radical (unpaired) electrons. The second-order valence-corrected chi connectivity index (χ2v) is 6.67. The number of carbonyl (C=O) groups is 1. The molecule has 2 N–H and O–H groups in total. The van der Waals surface area contributed by atoms with Crippen LogP contribution in [0, 0.1) is 5.92 Å². The van der Waals surface area contributed by atoms with Gasteiger partial charge in [-0.05, 0) is 6.42 Å². The summed E-state index contributed by atoms with van der Waals surface area (Å²) >= 11 is 0. The van der Waals surface area contributed by atoms with E-state index in [-0.39, 0.29) is 54.0 Å². The van der Waals surface area contributed by atoms with Gasteiger partial charge in [-0.3, -0.25) is 14.5 Å². The van der Waals surface area contributed by atoms with Gasteiger partial charge in [0, 0.05) is 57.4 Å². The number of likely N-dealkylation sites (tertiary alicyclic amines) is 1. The normalized spacial score (nSPS) is 17.9. The predicted octanol–water partition coefficient (Wildman–Crippen LogP) is 1.98. The lowest BCUT2D eigenvalue weighted by molar-refractivity contribution is -0.142. The molecule has 1 aliphatic rings. The molecular formula is C16H26F3IN6O. The molecule has 2 rings (SSSR count). The number of aryl methyl sites for hydroxylation is 1. The Labute approximate surface area is 173 Å². The highest BCUT2D eigenvalue weighted by molar-refractivity contribution is 14.0.